The van der Waals surface area contributed by atoms with Crippen LogP contribution in [-0.4, -0.2) is 25.2 Å². The van der Waals surface area contributed by atoms with Gasteiger partial charge in [-0.2, -0.15) is 0 Å². The van der Waals surface area contributed by atoms with Crippen molar-refractivity contribution in [2.24, 2.45) is 17.8 Å². The third kappa shape index (κ3) is 4.69. The van der Waals surface area contributed by atoms with Crippen LogP contribution >= 0.6 is 0 Å². The summed E-state index contributed by atoms with van der Waals surface area (Å²) in [6, 6.07) is 0. The van der Waals surface area contributed by atoms with E-state index in [4.69, 9.17) is 9.47 Å². The molecule has 0 aromatic carbocycles. The zero-order valence-corrected chi connectivity index (χ0v) is 16.0. The highest BCUT2D eigenvalue weighted by Crippen LogP contribution is 2.41. The predicted octanol–water partition coefficient (Wildman–Crippen LogP) is 4.37. The molecular formula is C21H30O4. The number of Topliss-reactive ketones (excluding diaryl/α,β-unsaturated/α-hetero) is 1. The molecule has 4 atom stereocenters. The molecule has 25 heavy (non-hydrogen) atoms. The molecule has 1 heterocycles. The van der Waals surface area contributed by atoms with Crippen molar-refractivity contribution >= 4 is 11.8 Å². The minimum absolute atomic E-state index is 0.148. The van der Waals surface area contributed by atoms with E-state index >= 15 is 0 Å². The summed E-state index contributed by atoms with van der Waals surface area (Å²) >= 11 is 0. The highest BCUT2D eigenvalue weighted by atomic mass is 16.7. The number of rotatable bonds is 5. The van der Waals surface area contributed by atoms with Gasteiger partial charge in [0, 0.05) is 25.0 Å². The number of hydrogen-bond acceptors (Lipinski definition) is 4. The van der Waals surface area contributed by atoms with Crippen molar-refractivity contribution in [1.82, 2.24) is 0 Å². The molecule has 1 aliphatic carbocycles. The van der Waals surface area contributed by atoms with E-state index in [1.807, 2.05) is 19.1 Å². The number of fused-ring (bicyclic) bond motifs is 1. The fraction of sp³-hybridized carbons (Fsp3) is 0.619. The molecule has 4 nitrogen and oxygen atoms in total. The third-order valence-electron chi connectivity index (χ3n) is 5.15. The Labute approximate surface area is 151 Å². The number of esters is 1. The van der Waals surface area contributed by atoms with Gasteiger partial charge in [-0.25, -0.2) is 4.79 Å². The number of cyclic esters (lactones) is 1. The first-order valence-electron chi connectivity index (χ1n) is 9.10. The van der Waals surface area contributed by atoms with Crippen LogP contribution in [0.3, 0.4) is 0 Å². The Kier molecular flexibility index (Phi) is 6.77. The van der Waals surface area contributed by atoms with Crippen LogP contribution in [0, 0.1) is 17.8 Å². The Morgan fingerprint density at radius 3 is 2.72 bits per heavy atom. The molecule has 0 aromatic heterocycles. The summed E-state index contributed by atoms with van der Waals surface area (Å²) in [5, 5.41) is 0. The molecular weight excluding hydrogens is 316 g/mol. The fourth-order valence-corrected chi connectivity index (χ4v) is 3.84. The van der Waals surface area contributed by atoms with Crippen molar-refractivity contribution in [2.75, 3.05) is 7.11 Å². The van der Waals surface area contributed by atoms with Gasteiger partial charge in [0.05, 0.1) is 5.92 Å². The van der Waals surface area contributed by atoms with Crippen LogP contribution in [0.15, 0.2) is 34.9 Å². The molecule has 0 spiro atoms. The molecule has 1 aliphatic heterocycles. The summed E-state index contributed by atoms with van der Waals surface area (Å²) in [5.41, 5.74) is 2.94. The van der Waals surface area contributed by atoms with E-state index in [1.54, 1.807) is 0 Å². The quantitative estimate of drug-likeness (QED) is 0.548. The van der Waals surface area contributed by atoms with Gasteiger partial charge in [-0.3, -0.25) is 4.79 Å². The highest BCUT2D eigenvalue weighted by molar-refractivity contribution is 5.94. The second kappa shape index (κ2) is 8.61. The Balaban J connectivity index is 2.35. The topological polar surface area (TPSA) is 52.6 Å². The number of allylic oxidation sites excluding steroid dienone is 5. The summed E-state index contributed by atoms with van der Waals surface area (Å²) in [6.45, 7) is 8.24. The number of ketones is 1. The highest BCUT2D eigenvalue weighted by Gasteiger charge is 2.48. The first kappa shape index (κ1) is 19.6. The van der Waals surface area contributed by atoms with Gasteiger partial charge in [-0.1, -0.05) is 36.3 Å². The average Bonchev–Trinajstić information content (AvgIpc) is 2.85. The summed E-state index contributed by atoms with van der Waals surface area (Å²) in [7, 11) is 1.53. The van der Waals surface area contributed by atoms with Crippen LogP contribution in [0.25, 0.3) is 0 Å². The smallest absolute Gasteiger partial charge is 0.336 e. The molecule has 0 N–H and O–H groups in total. The van der Waals surface area contributed by atoms with Crippen LogP contribution in [0.5, 0.6) is 0 Å². The fourth-order valence-electron chi connectivity index (χ4n) is 3.84. The van der Waals surface area contributed by atoms with Crippen LogP contribution in [0.2, 0.25) is 0 Å². The monoisotopic (exact) mass is 346 g/mol. The molecule has 1 fully saturated rings. The normalized spacial score (nSPS) is 32.1. The van der Waals surface area contributed by atoms with E-state index in [0.29, 0.717) is 18.4 Å². The van der Waals surface area contributed by atoms with Crippen molar-refractivity contribution in [3.05, 3.63) is 34.9 Å². The molecule has 0 bridgehead atoms. The van der Waals surface area contributed by atoms with Crippen LogP contribution in [-0.2, 0) is 19.1 Å². The number of hydrogen-bond donors (Lipinski definition) is 0. The van der Waals surface area contributed by atoms with Crippen molar-refractivity contribution < 1.29 is 19.1 Å². The van der Waals surface area contributed by atoms with E-state index in [-0.39, 0.29) is 29.5 Å². The number of carbonyl (C=O) groups is 2. The van der Waals surface area contributed by atoms with Gasteiger partial charge in [-0.05, 0) is 46.0 Å². The molecule has 138 valence electrons. The van der Waals surface area contributed by atoms with Gasteiger partial charge in [0.1, 0.15) is 5.78 Å². The molecule has 2 aliphatic rings. The number of carbonyl (C=O) groups excluding carboxylic acids is 2. The maximum Gasteiger partial charge on any atom is 0.336 e. The molecule has 1 saturated heterocycles. The third-order valence-corrected chi connectivity index (χ3v) is 5.15. The van der Waals surface area contributed by atoms with E-state index in [0.717, 1.165) is 18.4 Å². The lowest BCUT2D eigenvalue weighted by atomic mass is 9.73. The SMILES string of the molecule is CO[C@H]1OC(=O)/C2=C\C/C=C(\C)CC(=O)[C@@H]([C@H](C)CCC=C(C)C)[C@@H]21. The number of methoxy groups -OCH3 is 1. The summed E-state index contributed by atoms with van der Waals surface area (Å²) in [4.78, 5) is 25.4. The lowest BCUT2D eigenvalue weighted by Crippen LogP contribution is -2.36. The van der Waals surface area contributed by atoms with E-state index in [1.165, 1.54) is 12.7 Å². The van der Waals surface area contributed by atoms with Crippen molar-refractivity contribution in [3.8, 4) is 0 Å². The van der Waals surface area contributed by atoms with Crippen molar-refractivity contribution in [1.29, 1.82) is 0 Å². The predicted molar refractivity (Wildman–Crippen MR) is 97.8 cm³/mol. The van der Waals surface area contributed by atoms with Gasteiger partial charge >= 0.3 is 5.97 Å². The number of ether oxygens (including phenoxy) is 2. The largest absolute Gasteiger partial charge is 0.432 e. The van der Waals surface area contributed by atoms with Gasteiger partial charge < -0.3 is 9.47 Å². The van der Waals surface area contributed by atoms with Crippen molar-refractivity contribution in [2.45, 2.75) is 59.7 Å². The summed E-state index contributed by atoms with van der Waals surface area (Å²) < 4.78 is 10.8. The van der Waals surface area contributed by atoms with Gasteiger partial charge in [0.15, 0.2) is 0 Å². The Morgan fingerprint density at radius 2 is 2.08 bits per heavy atom. The molecule has 0 aromatic rings. The molecule has 0 amide bonds. The van der Waals surface area contributed by atoms with E-state index in [2.05, 4.69) is 26.8 Å². The minimum atomic E-state index is -0.669. The Bertz CT molecular complexity index is 607. The first-order valence-corrected chi connectivity index (χ1v) is 9.10. The maximum absolute atomic E-state index is 13.1. The first-order chi connectivity index (χ1) is 11.8. The summed E-state index contributed by atoms with van der Waals surface area (Å²) in [5.74, 6) is -0.606. The van der Waals surface area contributed by atoms with Gasteiger partial charge in [-0.15, -0.1) is 0 Å². The second-order valence-corrected chi connectivity index (χ2v) is 7.49. The molecule has 4 heteroatoms. The zero-order valence-electron chi connectivity index (χ0n) is 16.0. The molecule has 0 radical (unpaired) electrons. The zero-order chi connectivity index (χ0) is 18.6. The Hall–Kier alpha value is -1.68. The minimum Gasteiger partial charge on any atom is -0.432 e. The van der Waals surface area contributed by atoms with Crippen LogP contribution in [0.1, 0.15) is 53.4 Å². The lowest BCUT2D eigenvalue weighted by Gasteiger charge is -2.30. The molecule has 2 rings (SSSR count). The molecule has 0 unspecified atom stereocenters. The maximum atomic E-state index is 13.1. The summed E-state index contributed by atoms with van der Waals surface area (Å²) in [6.07, 6.45) is 8.36. The second-order valence-electron chi connectivity index (χ2n) is 7.49. The van der Waals surface area contributed by atoms with Crippen LogP contribution < -0.4 is 0 Å². The van der Waals surface area contributed by atoms with Crippen molar-refractivity contribution in [3.63, 3.8) is 0 Å². The van der Waals surface area contributed by atoms with E-state index < -0.39 is 6.29 Å². The Morgan fingerprint density at radius 1 is 1.36 bits per heavy atom. The lowest BCUT2D eigenvalue weighted by molar-refractivity contribution is -0.165. The van der Waals surface area contributed by atoms with E-state index in [9.17, 15) is 9.59 Å². The van der Waals surface area contributed by atoms with Gasteiger partial charge in [0.2, 0.25) is 6.29 Å². The standard InChI is InChI=1S/C21H30O4/c1-13(2)8-6-10-15(4)18-17(22)12-14(3)9-7-11-16-19(18)21(24-5)25-20(16)23/h8-9,11,15,18-19,21H,6-7,10,12H2,1-5H3/b14-9+,16-11-/t15-,18-,19-,21+/m1/s1. The molecule has 0 saturated carbocycles. The van der Waals surface area contributed by atoms with Crippen LogP contribution in [0.4, 0.5) is 0 Å². The average molecular weight is 346 g/mol. The van der Waals surface area contributed by atoms with Gasteiger partial charge in [0.25, 0.3) is 0 Å².